The van der Waals surface area contributed by atoms with Crippen molar-refractivity contribution in [2.24, 2.45) is 0 Å². The summed E-state index contributed by atoms with van der Waals surface area (Å²) in [7, 11) is 0. The van der Waals surface area contributed by atoms with E-state index in [-0.39, 0.29) is 11.9 Å². The SMILES string of the molecule is [CH2]C(=O)c1ccc(CN2CCC(O)CC2)nc1. The number of aromatic nitrogens is 1. The fourth-order valence-electron chi connectivity index (χ4n) is 1.99. The third-order valence-electron chi connectivity index (χ3n) is 3.09. The van der Waals surface area contributed by atoms with Crippen LogP contribution in [0.3, 0.4) is 0 Å². The number of ketones is 1. The third-order valence-corrected chi connectivity index (χ3v) is 3.09. The molecule has 91 valence electrons. The van der Waals surface area contributed by atoms with Crippen molar-refractivity contribution in [1.82, 2.24) is 9.88 Å². The molecule has 4 heteroatoms. The summed E-state index contributed by atoms with van der Waals surface area (Å²) in [4.78, 5) is 17.5. The van der Waals surface area contributed by atoms with Gasteiger partial charge in [-0.05, 0) is 25.0 Å². The zero-order valence-electron chi connectivity index (χ0n) is 9.80. The molecule has 1 fully saturated rings. The predicted molar refractivity (Wildman–Crippen MR) is 64.4 cm³/mol. The number of piperidine rings is 1. The minimum Gasteiger partial charge on any atom is -0.393 e. The average Bonchev–Trinajstić information content (AvgIpc) is 2.33. The van der Waals surface area contributed by atoms with Gasteiger partial charge in [0.15, 0.2) is 5.78 Å². The Balaban J connectivity index is 1.92. The minimum atomic E-state index is -0.204. The molecule has 0 amide bonds. The fourth-order valence-corrected chi connectivity index (χ4v) is 1.99. The number of carbonyl (C=O) groups is 1. The van der Waals surface area contributed by atoms with E-state index in [9.17, 15) is 9.90 Å². The number of aliphatic hydroxyl groups is 1. The normalized spacial score (nSPS) is 18.2. The number of carbonyl (C=O) groups excluding carboxylic acids is 1. The minimum absolute atomic E-state index is 0.148. The highest BCUT2D eigenvalue weighted by atomic mass is 16.3. The Morgan fingerprint density at radius 1 is 1.47 bits per heavy atom. The summed E-state index contributed by atoms with van der Waals surface area (Å²) in [6.07, 6.45) is 3.08. The quantitative estimate of drug-likeness (QED) is 0.793. The summed E-state index contributed by atoms with van der Waals surface area (Å²) < 4.78 is 0. The first kappa shape index (κ1) is 12.2. The summed E-state index contributed by atoms with van der Waals surface area (Å²) in [5.74, 6) is -0.204. The molecule has 17 heavy (non-hydrogen) atoms. The van der Waals surface area contributed by atoms with Gasteiger partial charge < -0.3 is 5.11 Å². The zero-order chi connectivity index (χ0) is 12.3. The molecule has 0 atom stereocenters. The van der Waals surface area contributed by atoms with E-state index in [4.69, 9.17) is 0 Å². The van der Waals surface area contributed by atoms with E-state index in [2.05, 4.69) is 16.8 Å². The molecule has 1 radical (unpaired) electrons. The van der Waals surface area contributed by atoms with Crippen LogP contribution in [0.5, 0.6) is 0 Å². The lowest BCUT2D eigenvalue weighted by atomic mass is 10.1. The van der Waals surface area contributed by atoms with Crippen molar-refractivity contribution in [1.29, 1.82) is 0 Å². The Hall–Kier alpha value is -1.26. The molecule has 0 saturated carbocycles. The standard InChI is InChI=1S/C13H17N2O2/c1-10(16)11-2-3-12(14-8-11)9-15-6-4-13(17)5-7-15/h2-3,8,13,17H,1,4-7,9H2. The van der Waals surface area contributed by atoms with Gasteiger partial charge in [-0.2, -0.15) is 0 Å². The molecular formula is C13H17N2O2. The molecule has 1 N–H and O–H groups in total. The van der Waals surface area contributed by atoms with E-state index in [0.717, 1.165) is 38.2 Å². The Labute approximate surface area is 101 Å². The Bertz CT molecular complexity index is 381. The average molecular weight is 233 g/mol. The van der Waals surface area contributed by atoms with Gasteiger partial charge in [0.25, 0.3) is 0 Å². The molecule has 1 saturated heterocycles. The van der Waals surface area contributed by atoms with Crippen molar-refractivity contribution in [3.8, 4) is 0 Å². The number of likely N-dealkylation sites (tertiary alicyclic amines) is 1. The van der Waals surface area contributed by atoms with Crippen molar-refractivity contribution >= 4 is 5.78 Å². The first-order chi connectivity index (χ1) is 8.15. The maximum atomic E-state index is 11.0. The van der Waals surface area contributed by atoms with Crippen molar-refractivity contribution < 1.29 is 9.90 Å². The van der Waals surface area contributed by atoms with Crippen molar-refractivity contribution in [2.75, 3.05) is 13.1 Å². The summed E-state index contributed by atoms with van der Waals surface area (Å²) in [6.45, 7) is 5.92. The monoisotopic (exact) mass is 233 g/mol. The molecule has 0 bridgehead atoms. The molecule has 1 aliphatic rings. The molecule has 1 aromatic heterocycles. The number of rotatable bonds is 3. The summed E-state index contributed by atoms with van der Waals surface area (Å²) in [6, 6.07) is 3.62. The number of hydrogen-bond donors (Lipinski definition) is 1. The van der Waals surface area contributed by atoms with Crippen LogP contribution >= 0.6 is 0 Å². The highest BCUT2D eigenvalue weighted by molar-refractivity contribution is 5.98. The largest absolute Gasteiger partial charge is 0.393 e. The van der Waals surface area contributed by atoms with Gasteiger partial charge in [0.2, 0.25) is 0 Å². The predicted octanol–water partition coefficient (Wildman–Crippen LogP) is 1.06. The second kappa shape index (κ2) is 5.38. The van der Waals surface area contributed by atoms with Crippen LogP contribution in [-0.4, -0.2) is 40.0 Å². The molecule has 0 aromatic carbocycles. The Morgan fingerprint density at radius 3 is 2.71 bits per heavy atom. The lowest BCUT2D eigenvalue weighted by molar-refractivity contribution is 0.0786. The van der Waals surface area contributed by atoms with Crippen LogP contribution < -0.4 is 0 Å². The van der Waals surface area contributed by atoms with E-state index in [0.29, 0.717) is 5.56 Å². The molecule has 0 spiro atoms. The molecule has 0 unspecified atom stereocenters. The van der Waals surface area contributed by atoms with Gasteiger partial charge >= 0.3 is 0 Å². The molecule has 1 aliphatic heterocycles. The molecule has 2 heterocycles. The maximum absolute atomic E-state index is 11.0. The number of aliphatic hydroxyl groups excluding tert-OH is 1. The maximum Gasteiger partial charge on any atom is 0.164 e. The molecule has 0 aliphatic carbocycles. The third kappa shape index (κ3) is 3.35. The lowest BCUT2D eigenvalue weighted by Gasteiger charge is -2.29. The van der Waals surface area contributed by atoms with Crippen molar-refractivity contribution in [3.63, 3.8) is 0 Å². The van der Waals surface area contributed by atoms with Crippen LogP contribution in [0.2, 0.25) is 0 Å². The smallest absolute Gasteiger partial charge is 0.164 e. The molecule has 2 rings (SSSR count). The summed E-state index contributed by atoms with van der Waals surface area (Å²) >= 11 is 0. The van der Waals surface area contributed by atoms with Gasteiger partial charge in [-0.25, -0.2) is 0 Å². The highest BCUT2D eigenvalue weighted by Crippen LogP contribution is 2.12. The van der Waals surface area contributed by atoms with E-state index < -0.39 is 0 Å². The number of Topliss-reactive ketones (excluding diaryl/α,β-unsaturated/α-hetero) is 1. The van der Waals surface area contributed by atoms with Crippen LogP contribution in [0.25, 0.3) is 0 Å². The van der Waals surface area contributed by atoms with E-state index in [1.165, 1.54) is 0 Å². The van der Waals surface area contributed by atoms with Crippen LogP contribution in [0.1, 0.15) is 28.9 Å². The van der Waals surface area contributed by atoms with E-state index in [1.807, 2.05) is 6.07 Å². The lowest BCUT2D eigenvalue weighted by Crippen LogP contribution is -2.35. The molecule has 4 nitrogen and oxygen atoms in total. The van der Waals surface area contributed by atoms with Crippen molar-refractivity contribution in [3.05, 3.63) is 36.5 Å². The second-order valence-corrected chi connectivity index (χ2v) is 4.47. The van der Waals surface area contributed by atoms with Gasteiger partial charge in [-0.1, -0.05) is 0 Å². The van der Waals surface area contributed by atoms with E-state index in [1.54, 1.807) is 12.3 Å². The van der Waals surface area contributed by atoms with Gasteiger partial charge in [0.05, 0.1) is 11.8 Å². The van der Waals surface area contributed by atoms with Gasteiger partial charge in [-0.3, -0.25) is 14.7 Å². The highest BCUT2D eigenvalue weighted by Gasteiger charge is 2.17. The summed E-state index contributed by atoms with van der Waals surface area (Å²) in [5, 5.41) is 9.40. The van der Waals surface area contributed by atoms with Gasteiger partial charge in [0, 0.05) is 38.3 Å². The Morgan fingerprint density at radius 2 is 2.18 bits per heavy atom. The van der Waals surface area contributed by atoms with Crippen LogP contribution in [0, 0.1) is 6.92 Å². The number of hydrogen-bond acceptors (Lipinski definition) is 4. The second-order valence-electron chi connectivity index (χ2n) is 4.47. The number of nitrogens with zero attached hydrogens (tertiary/aromatic N) is 2. The van der Waals surface area contributed by atoms with Gasteiger partial charge in [-0.15, -0.1) is 0 Å². The first-order valence-electron chi connectivity index (χ1n) is 5.87. The number of pyridine rings is 1. The first-order valence-corrected chi connectivity index (χ1v) is 5.87. The van der Waals surface area contributed by atoms with Crippen LogP contribution in [0.15, 0.2) is 18.3 Å². The van der Waals surface area contributed by atoms with E-state index >= 15 is 0 Å². The zero-order valence-corrected chi connectivity index (χ0v) is 9.80. The summed E-state index contributed by atoms with van der Waals surface area (Å²) in [5.41, 5.74) is 1.49. The van der Waals surface area contributed by atoms with Crippen LogP contribution in [0.4, 0.5) is 0 Å². The van der Waals surface area contributed by atoms with Gasteiger partial charge in [0.1, 0.15) is 0 Å². The fraction of sp³-hybridized carbons (Fsp3) is 0.462. The topological polar surface area (TPSA) is 53.4 Å². The Kier molecular flexibility index (Phi) is 3.86. The van der Waals surface area contributed by atoms with Crippen molar-refractivity contribution in [2.45, 2.75) is 25.5 Å². The molecule has 1 aromatic rings. The van der Waals surface area contributed by atoms with Crippen LogP contribution in [-0.2, 0) is 6.54 Å². The molecular weight excluding hydrogens is 216 g/mol.